The number of nitrogens with zero attached hydrogens (tertiary/aromatic N) is 1. The van der Waals surface area contributed by atoms with E-state index in [0.29, 0.717) is 49.8 Å². The van der Waals surface area contributed by atoms with Gasteiger partial charge in [-0.1, -0.05) is 6.07 Å². The number of aryl methyl sites for hydroxylation is 1. The fourth-order valence-corrected chi connectivity index (χ4v) is 7.76. The summed E-state index contributed by atoms with van der Waals surface area (Å²) in [6.45, 7) is 2.20. The van der Waals surface area contributed by atoms with Crippen molar-refractivity contribution >= 4 is 20.0 Å². The Morgan fingerprint density at radius 3 is 2.70 bits per heavy atom. The third-order valence-corrected chi connectivity index (χ3v) is 11.1. The van der Waals surface area contributed by atoms with E-state index in [2.05, 4.69) is 10.0 Å². The number of aliphatic hydroxyl groups excluding tert-OH is 1. The van der Waals surface area contributed by atoms with E-state index in [9.17, 15) is 21.9 Å². The predicted molar refractivity (Wildman–Crippen MR) is 148 cm³/mol. The molecule has 1 unspecified atom stereocenters. The highest BCUT2D eigenvalue weighted by Gasteiger charge is 2.44. The molecule has 0 aromatic heterocycles. The second kappa shape index (κ2) is 11.9. The average molecular weight is 596 g/mol. The van der Waals surface area contributed by atoms with Gasteiger partial charge >= 0.3 is 0 Å². The Hall–Kier alpha value is -2.26. The molecule has 40 heavy (non-hydrogen) atoms. The van der Waals surface area contributed by atoms with E-state index in [4.69, 9.17) is 14.2 Å². The van der Waals surface area contributed by atoms with Crippen molar-refractivity contribution in [2.24, 2.45) is 0 Å². The van der Waals surface area contributed by atoms with Crippen LogP contribution in [0.15, 0.2) is 52.3 Å². The number of benzene rings is 2. The summed E-state index contributed by atoms with van der Waals surface area (Å²) in [6, 6.07) is 11.3. The zero-order chi connectivity index (χ0) is 28.4. The van der Waals surface area contributed by atoms with E-state index in [1.807, 2.05) is 0 Å². The largest absolute Gasteiger partial charge is 0.493 e. The summed E-state index contributed by atoms with van der Waals surface area (Å²) in [4.78, 5) is 0.399. The van der Waals surface area contributed by atoms with Gasteiger partial charge in [-0.3, -0.25) is 0 Å². The minimum absolute atomic E-state index is 0.00356. The Balaban J connectivity index is 1.08. The van der Waals surface area contributed by atoms with Gasteiger partial charge in [0.2, 0.25) is 20.0 Å². The van der Waals surface area contributed by atoms with Crippen LogP contribution in [0.2, 0.25) is 0 Å². The SMILES string of the molecule is CNS(=O)(=O)c1cccc(OCC(O)CN[C@H]2COC3(CCN(S(=O)(=O)c4ccc5c(c4)CCCO5)CC3)C2)c1. The second-order valence-corrected chi connectivity index (χ2v) is 14.4. The zero-order valence-corrected chi connectivity index (χ0v) is 24.2. The van der Waals surface area contributed by atoms with Gasteiger partial charge in [0.1, 0.15) is 24.2 Å². The van der Waals surface area contributed by atoms with Crippen LogP contribution in [0.3, 0.4) is 0 Å². The predicted octanol–water partition coefficient (Wildman–Crippen LogP) is 1.26. The lowest BCUT2D eigenvalue weighted by atomic mass is 9.88. The van der Waals surface area contributed by atoms with Gasteiger partial charge in [-0.15, -0.1) is 0 Å². The first-order valence-electron chi connectivity index (χ1n) is 13.6. The Labute approximate surface area is 235 Å². The highest BCUT2D eigenvalue weighted by atomic mass is 32.2. The topological polar surface area (TPSA) is 144 Å². The van der Waals surface area contributed by atoms with Crippen LogP contribution in [0.4, 0.5) is 0 Å². The van der Waals surface area contributed by atoms with Gasteiger partial charge in [0.05, 0.1) is 28.6 Å². The van der Waals surface area contributed by atoms with Crippen LogP contribution in [0.5, 0.6) is 11.5 Å². The molecule has 0 radical (unpaired) electrons. The van der Waals surface area contributed by atoms with Crippen LogP contribution in [0.1, 0.15) is 31.2 Å². The fraction of sp³-hybridized carbons (Fsp3) is 0.556. The molecule has 0 amide bonds. The van der Waals surface area contributed by atoms with Crippen molar-refractivity contribution in [2.45, 2.75) is 59.6 Å². The van der Waals surface area contributed by atoms with E-state index < -0.39 is 26.2 Å². The molecule has 2 aromatic rings. The third kappa shape index (κ3) is 6.46. The lowest BCUT2D eigenvalue weighted by molar-refractivity contribution is -0.0312. The lowest BCUT2D eigenvalue weighted by Crippen LogP contribution is -2.47. The smallest absolute Gasteiger partial charge is 0.243 e. The Bertz CT molecular complexity index is 1410. The molecule has 2 atom stereocenters. The van der Waals surface area contributed by atoms with E-state index >= 15 is 0 Å². The Morgan fingerprint density at radius 2 is 1.93 bits per heavy atom. The normalized spacial score (nSPS) is 22.0. The van der Waals surface area contributed by atoms with Gasteiger partial charge in [-0.2, -0.15) is 4.31 Å². The molecule has 1 spiro atoms. The van der Waals surface area contributed by atoms with E-state index in [1.165, 1.54) is 19.2 Å². The van der Waals surface area contributed by atoms with Crippen molar-refractivity contribution in [1.82, 2.24) is 14.3 Å². The van der Waals surface area contributed by atoms with E-state index in [1.54, 1.807) is 34.6 Å². The maximum atomic E-state index is 13.3. The van der Waals surface area contributed by atoms with Gasteiger partial charge < -0.3 is 24.6 Å². The van der Waals surface area contributed by atoms with Crippen molar-refractivity contribution in [3.8, 4) is 11.5 Å². The molecule has 5 rings (SSSR count). The first kappa shape index (κ1) is 29.2. The van der Waals surface area contributed by atoms with Crippen LogP contribution in [0, 0.1) is 0 Å². The molecule has 2 saturated heterocycles. The molecule has 13 heteroatoms. The summed E-state index contributed by atoms with van der Waals surface area (Å²) >= 11 is 0. The van der Waals surface area contributed by atoms with Crippen LogP contribution >= 0.6 is 0 Å². The summed E-state index contributed by atoms with van der Waals surface area (Å²) in [5.41, 5.74) is 0.561. The number of ether oxygens (including phenoxy) is 3. The molecule has 3 aliphatic heterocycles. The number of sulfonamides is 2. The van der Waals surface area contributed by atoms with Crippen LogP contribution in [0.25, 0.3) is 0 Å². The van der Waals surface area contributed by atoms with Crippen molar-refractivity contribution in [3.05, 3.63) is 48.0 Å². The fourth-order valence-electron chi connectivity index (χ4n) is 5.51. The molecule has 0 saturated carbocycles. The summed E-state index contributed by atoms with van der Waals surface area (Å²) in [5.74, 6) is 1.12. The van der Waals surface area contributed by atoms with E-state index in [-0.39, 0.29) is 29.7 Å². The number of aliphatic hydroxyl groups is 1. The Kier molecular flexibility index (Phi) is 8.72. The maximum absolute atomic E-state index is 13.3. The molecular weight excluding hydrogens is 558 g/mol. The second-order valence-electron chi connectivity index (χ2n) is 10.6. The molecule has 2 fully saturated rings. The van der Waals surface area contributed by atoms with Crippen molar-refractivity contribution in [1.29, 1.82) is 0 Å². The van der Waals surface area contributed by atoms with Gasteiger partial charge in [0.25, 0.3) is 0 Å². The number of piperidine rings is 1. The highest BCUT2D eigenvalue weighted by Crippen LogP contribution is 2.38. The number of hydrogen-bond acceptors (Lipinski definition) is 9. The molecule has 3 aliphatic rings. The molecular formula is C27H37N3O8S2. The first-order chi connectivity index (χ1) is 19.1. The summed E-state index contributed by atoms with van der Waals surface area (Å²) in [7, 11) is -5.84. The molecule has 0 bridgehead atoms. The molecule has 0 aliphatic carbocycles. The van der Waals surface area contributed by atoms with Crippen molar-refractivity contribution < 1.29 is 36.2 Å². The minimum atomic E-state index is -3.60. The number of nitrogens with one attached hydrogen (secondary N) is 2. The van der Waals surface area contributed by atoms with E-state index in [0.717, 1.165) is 30.6 Å². The van der Waals surface area contributed by atoms with Gasteiger partial charge in [0.15, 0.2) is 0 Å². The lowest BCUT2D eigenvalue weighted by Gasteiger charge is -2.38. The first-order valence-corrected chi connectivity index (χ1v) is 16.5. The van der Waals surface area contributed by atoms with Gasteiger partial charge in [-0.05, 0) is 75.0 Å². The van der Waals surface area contributed by atoms with Crippen molar-refractivity contribution in [3.63, 3.8) is 0 Å². The minimum Gasteiger partial charge on any atom is -0.493 e. The standard InChI is InChI=1S/C27H37N3O8S2/c1-28-39(32,33)24-6-2-5-23(15-24)37-19-22(31)17-29-21-16-27(38-18-21)9-11-30(12-10-27)40(34,35)25-7-8-26-20(14-25)4-3-13-36-26/h2,5-8,14-15,21-22,28-29,31H,3-4,9-13,16-19H2,1H3/t21-,22?/m1/s1. The third-order valence-electron chi connectivity index (χ3n) is 7.83. The maximum Gasteiger partial charge on any atom is 0.243 e. The molecule has 3 heterocycles. The number of rotatable bonds is 10. The summed E-state index contributed by atoms with van der Waals surface area (Å²) in [5, 5.41) is 13.7. The highest BCUT2D eigenvalue weighted by molar-refractivity contribution is 7.89. The monoisotopic (exact) mass is 595 g/mol. The van der Waals surface area contributed by atoms with Crippen LogP contribution in [-0.2, 0) is 31.2 Å². The number of hydrogen-bond donors (Lipinski definition) is 3. The molecule has 2 aromatic carbocycles. The average Bonchev–Trinajstić information content (AvgIpc) is 3.37. The van der Waals surface area contributed by atoms with Crippen LogP contribution in [-0.4, -0.2) is 90.5 Å². The quantitative estimate of drug-likeness (QED) is 0.370. The van der Waals surface area contributed by atoms with Gasteiger partial charge in [-0.25, -0.2) is 21.6 Å². The summed E-state index contributed by atoms with van der Waals surface area (Å²) < 4.78 is 71.8. The zero-order valence-electron chi connectivity index (χ0n) is 22.5. The Morgan fingerprint density at radius 1 is 1.12 bits per heavy atom. The van der Waals surface area contributed by atoms with Crippen molar-refractivity contribution in [2.75, 3.05) is 46.5 Å². The molecule has 3 N–H and O–H groups in total. The number of fused-ring (bicyclic) bond motifs is 1. The summed E-state index contributed by atoms with van der Waals surface area (Å²) in [6.07, 6.45) is 2.84. The van der Waals surface area contributed by atoms with Crippen LogP contribution < -0.4 is 19.5 Å². The molecule has 11 nitrogen and oxygen atoms in total. The van der Waals surface area contributed by atoms with Gasteiger partial charge in [0, 0.05) is 31.7 Å². The molecule has 220 valence electrons.